The molecular formula is C13H9ClN4O2. The van der Waals surface area contributed by atoms with Crippen molar-refractivity contribution in [1.82, 2.24) is 19.6 Å². The van der Waals surface area contributed by atoms with Crippen LogP contribution in [0.3, 0.4) is 0 Å². The van der Waals surface area contributed by atoms with Gasteiger partial charge in [0.25, 0.3) is 0 Å². The highest BCUT2D eigenvalue weighted by molar-refractivity contribution is 6.33. The minimum atomic E-state index is -1.06. The fraction of sp³-hybridized carbons (Fsp3) is 0.0769. The van der Waals surface area contributed by atoms with Crippen LogP contribution in [0, 0.1) is 6.92 Å². The fourth-order valence-electron chi connectivity index (χ4n) is 1.98. The van der Waals surface area contributed by atoms with Crippen molar-refractivity contribution in [3.8, 4) is 11.4 Å². The molecule has 0 saturated heterocycles. The van der Waals surface area contributed by atoms with Crippen LogP contribution >= 0.6 is 11.6 Å². The lowest BCUT2D eigenvalue weighted by atomic mass is 10.2. The van der Waals surface area contributed by atoms with Gasteiger partial charge < -0.3 is 5.11 Å². The van der Waals surface area contributed by atoms with Crippen molar-refractivity contribution in [1.29, 1.82) is 0 Å². The van der Waals surface area contributed by atoms with Crippen molar-refractivity contribution < 1.29 is 9.90 Å². The number of hydrogen-bond donors (Lipinski definition) is 1. The predicted molar refractivity (Wildman–Crippen MR) is 72.9 cm³/mol. The molecule has 0 spiro atoms. The Labute approximate surface area is 118 Å². The van der Waals surface area contributed by atoms with Crippen LogP contribution in [0.5, 0.6) is 0 Å². The third kappa shape index (κ3) is 1.90. The van der Waals surface area contributed by atoms with Crippen LogP contribution < -0.4 is 0 Å². The Morgan fingerprint density at radius 3 is 2.90 bits per heavy atom. The minimum absolute atomic E-state index is 0.0742. The molecule has 0 unspecified atom stereocenters. The molecular weight excluding hydrogens is 280 g/mol. The normalized spacial score (nSPS) is 10.9. The molecule has 6 nitrogen and oxygen atoms in total. The second kappa shape index (κ2) is 4.57. The summed E-state index contributed by atoms with van der Waals surface area (Å²) in [4.78, 5) is 15.3. The van der Waals surface area contributed by atoms with E-state index < -0.39 is 5.97 Å². The van der Waals surface area contributed by atoms with Crippen molar-refractivity contribution >= 4 is 23.2 Å². The van der Waals surface area contributed by atoms with Gasteiger partial charge in [0.2, 0.25) is 0 Å². The number of halogens is 1. The summed E-state index contributed by atoms with van der Waals surface area (Å²) in [5.41, 5.74) is 2.04. The number of carboxylic acid groups (broad SMARTS) is 1. The number of aromatic nitrogens is 4. The van der Waals surface area contributed by atoms with Gasteiger partial charge in [0.05, 0.1) is 10.6 Å². The van der Waals surface area contributed by atoms with Gasteiger partial charge in [-0.05, 0) is 25.1 Å². The molecule has 3 aromatic rings. The van der Waals surface area contributed by atoms with E-state index >= 15 is 0 Å². The lowest BCUT2D eigenvalue weighted by molar-refractivity contribution is 0.0696. The monoisotopic (exact) mass is 288 g/mol. The quantitative estimate of drug-likeness (QED) is 0.783. The summed E-state index contributed by atoms with van der Waals surface area (Å²) in [6.07, 6.45) is 3.13. The van der Waals surface area contributed by atoms with E-state index in [2.05, 4.69) is 15.2 Å². The van der Waals surface area contributed by atoms with E-state index in [1.54, 1.807) is 16.7 Å². The topological polar surface area (TPSA) is 80.4 Å². The summed E-state index contributed by atoms with van der Waals surface area (Å²) in [6.45, 7) is 1.85. The summed E-state index contributed by atoms with van der Waals surface area (Å²) in [6, 6.07) is 4.99. The second-order valence-electron chi connectivity index (χ2n) is 4.24. The standard InChI is InChI=1S/C13H9ClN4O2/c1-7-9(3-2-4-15-7)11-16-17-12-10(14)5-8(13(19)20)6-18(11)12/h2-6H,1H3,(H,19,20). The first-order valence-corrected chi connectivity index (χ1v) is 6.15. The molecule has 3 rings (SSSR count). The average Bonchev–Trinajstić information content (AvgIpc) is 2.83. The number of carbonyl (C=O) groups is 1. The maximum absolute atomic E-state index is 11.1. The van der Waals surface area contributed by atoms with Crippen LogP contribution in [0.25, 0.3) is 17.0 Å². The van der Waals surface area contributed by atoms with Gasteiger partial charge in [0.1, 0.15) is 0 Å². The van der Waals surface area contributed by atoms with Crippen LogP contribution in [-0.4, -0.2) is 30.7 Å². The average molecular weight is 289 g/mol. The van der Waals surface area contributed by atoms with Crippen LogP contribution in [0.4, 0.5) is 0 Å². The molecule has 7 heteroatoms. The van der Waals surface area contributed by atoms with Crippen molar-refractivity contribution in [2.45, 2.75) is 6.92 Å². The van der Waals surface area contributed by atoms with Crippen LogP contribution in [0.2, 0.25) is 5.02 Å². The van der Waals surface area contributed by atoms with Gasteiger partial charge in [-0.2, -0.15) is 0 Å². The second-order valence-corrected chi connectivity index (χ2v) is 4.64. The van der Waals surface area contributed by atoms with E-state index in [1.807, 2.05) is 13.0 Å². The summed E-state index contributed by atoms with van der Waals surface area (Å²) < 4.78 is 1.57. The van der Waals surface area contributed by atoms with Crippen molar-refractivity contribution in [2.24, 2.45) is 0 Å². The molecule has 0 fully saturated rings. The molecule has 1 N–H and O–H groups in total. The molecule has 0 aliphatic carbocycles. The number of rotatable bonds is 2. The van der Waals surface area contributed by atoms with Gasteiger partial charge in [-0.3, -0.25) is 9.38 Å². The number of pyridine rings is 2. The number of aryl methyl sites for hydroxylation is 1. The maximum atomic E-state index is 11.1. The molecule has 0 bridgehead atoms. The highest BCUT2D eigenvalue weighted by atomic mass is 35.5. The molecule has 0 radical (unpaired) electrons. The van der Waals surface area contributed by atoms with E-state index in [0.29, 0.717) is 11.5 Å². The smallest absolute Gasteiger partial charge is 0.337 e. The van der Waals surface area contributed by atoms with E-state index in [9.17, 15) is 4.79 Å². The Hall–Kier alpha value is -2.47. The summed E-state index contributed by atoms with van der Waals surface area (Å²) in [5.74, 6) is -0.549. The van der Waals surface area contributed by atoms with Crippen LogP contribution in [0.1, 0.15) is 16.1 Å². The van der Waals surface area contributed by atoms with E-state index in [-0.39, 0.29) is 10.6 Å². The van der Waals surface area contributed by atoms with Gasteiger partial charge in [0.15, 0.2) is 11.5 Å². The predicted octanol–water partition coefficient (Wildman–Crippen LogP) is 2.45. The lowest BCUT2D eigenvalue weighted by Gasteiger charge is -2.04. The molecule has 0 aliphatic heterocycles. The van der Waals surface area contributed by atoms with Crippen LogP contribution in [-0.2, 0) is 0 Å². The molecule has 3 aromatic heterocycles. The highest BCUT2D eigenvalue weighted by Crippen LogP contribution is 2.25. The first kappa shape index (κ1) is 12.6. The molecule has 0 aromatic carbocycles. The molecule has 0 amide bonds. The Kier molecular flexibility index (Phi) is 2.87. The number of nitrogens with zero attached hydrogens (tertiary/aromatic N) is 4. The third-order valence-corrected chi connectivity index (χ3v) is 3.23. The number of aromatic carboxylic acids is 1. The Morgan fingerprint density at radius 2 is 2.20 bits per heavy atom. The largest absolute Gasteiger partial charge is 0.478 e. The van der Waals surface area contributed by atoms with Gasteiger partial charge in [-0.1, -0.05) is 11.6 Å². The van der Waals surface area contributed by atoms with Gasteiger partial charge in [-0.15, -0.1) is 10.2 Å². The van der Waals surface area contributed by atoms with Gasteiger partial charge >= 0.3 is 5.97 Å². The number of hydrogen-bond acceptors (Lipinski definition) is 4. The summed E-state index contributed by atoms with van der Waals surface area (Å²) >= 11 is 6.04. The first-order chi connectivity index (χ1) is 9.58. The fourth-order valence-corrected chi connectivity index (χ4v) is 2.22. The number of fused-ring (bicyclic) bond motifs is 1. The zero-order chi connectivity index (χ0) is 14.3. The zero-order valence-corrected chi connectivity index (χ0v) is 11.2. The lowest BCUT2D eigenvalue weighted by Crippen LogP contribution is -2.01. The Bertz CT molecular complexity index is 828. The Balaban J connectivity index is 2.33. The number of carboxylic acids is 1. The van der Waals surface area contributed by atoms with Crippen molar-refractivity contribution in [3.63, 3.8) is 0 Å². The molecule has 0 atom stereocenters. The highest BCUT2D eigenvalue weighted by Gasteiger charge is 2.15. The SMILES string of the molecule is Cc1ncccc1-c1nnc2c(Cl)cc(C(=O)O)cn12. The molecule has 3 heterocycles. The molecule has 100 valence electrons. The summed E-state index contributed by atoms with van der Waals surface area (Å²) in [7, 11) is 0. The maximum Gasteiger partial charge on any atom is 0.337 e. The first-order valence-electron chi connectivity index (χ1n) is 5.77. The van der Waals surface area contributed by atoms with Crippen molar-refractivity contribution in [2.75, 3.05) is 0 Å². The zero-order valence-electron chi connectivity index (χ0n) is 10.4. The third-order valence-electron chi connectivity index (χ3n) is 2.95. The molecule has 0 aliphatic rings. The molecule has 0 saturated carbocycles. The summed E-state index contributed by atoms with van der Waals surface area (Å²) in [5, 5.41) is 17.4. The van der Waals surface area contributed by atoms with E-state index in [4.69, 9.17) is 16.7 Å². The van der Waals surface area contributed by atoms with Crippen LogP contribution in [0.15, 0.2) is 30.6 Å². The minimum Gasteiger partial charge on any atom is -0.478 e. The van der Waals surface area contributed by atoms with E-state index in [1.165, 1.54) is 12.3 Å². The van der Waals surface area contributed by atoms with Gasteiger partial charge in [0, 0.05) is 23.7 Å². The molecule has 20 heavy (non-hydrogen) atoms. The van der Waals surface area contributed by atoms with Gasteiger partial charge in [-0.25, -0.2) is 4.79 Å². The Morgan fingerprint density at radius 1 is 1.40 bits per heavy atom. The van der Waals surface area contributed by atoms with E-state index in [0.717, 1.165) is 11.3 Å². The van der Waals surface area contributed by atoms with Crippen molar-refractivity contribution in [3.05, 3.63) is 46.9 Å².